The van der Waals surface area contributed by atoms with E-state index in [-0.39, 0.29) is 12.4 Å². The van der Waals surface area contributed by atoms with Crippen LogP contribution in [0, 0.1) is 0 Å². The van der Waals surface area contributed by atoms with E-state index in [1.807, 2.05) is 30.3 Å². The predicted octanol–water partition coefficient (Wildman–Crippen LogP) is 4.27. The first kappa shape index (κ1) is 20.3. The number of nitrogens with one attached hydrogen (secondary N) is 1. The first-order valence-electron chi connectivity index (χ1n) is 10.6. The number of nitrogens with zero attached hydrogens (tertiary/aromatic N) is 5. The molecule has 1 aromatic carbocycles. The fraction of sp³-hybridized carbons (Fsp3) is 0.217. The van der Waals surface area contributed by atoms with Crippen molar-refractivity contribution in [2.75, 3.05) is 6.54 Å². The van der Waals surface area contributed by atoms with Gasteiger partial charge in [-0.15, -0.1) is 0 Å². The Morgan fingerprint density at radius 1 is 1.26 bits per heavy atom. The lowest BCUT2D eigenvalue weighted by molar-refractivity contribution is 0.0626. The summed E-state index contributed by atoms with van der Waals surface area (Å²) in [4.78, 5) is 30.5. The lowest BCUT2D eigenvalue weighted by Gasteiger charge is -2.33. The van der Waals surface area contributed by atoms with E-state index in [2.05, 4.69) is 19.9 Å². The number of imidazole rings is 2. The predicted molar refractivity (Wildman–Crippen MR) is 115 cm³/mol. The van der Waals surface area contributed by atoms with Crippen molar-refractivity contribution < 1.29 is 22.4 Å². The zero-order valence-corrected chi connectivity index (χ0v) is 17.9. The van der Waals surface area contributed by atoms with Gasteiger partial charge in [-0.25, -0.2) is 23.7 Å². The molecule has 0 aliphatic carbocycles. The Labute approximate surface area is 191 Å². The second-order valence-electron chi connectivity index (χ2n) is 8.03. The Morgan fingerprint density at radius 2 is 2.12 bits per heavy atom. The minimum Gasteiger partial charge on any atom is -0.458 e. The second-order valence-corrected chi connectivity index (χ2v) is 8.03. The highest BCUT2D eigenvalue weighted by Gasteiger charge is 2.40. The molecule has 0 fully saturated rings. The molecule has 34 heavy (non-hydrogen) atoms. The standard InChI is InChI=1S/C23H18F2N6O3/c1-30-11-26-9-14(30)22-29-18(21(24)25)20(34-22)23(32)31-7-6-13-17(28-10-27-13)19(31)16-8-12-4-2-3-5-15(12)33-16/h2-5,8-11,19,21H,6-7H2,1H3,(H,27,28)/t19-/m1/s1. The largest absolute Gasteiger partial charge is 0.458 e. The molecule has 1 aliphatic rings. The molecule has 6 rings (SSSR count). The third kappa shape index (κ3) is 3.11. The maximum atomic E-state index is 13.9. The van der Waals surface area contributed by atoms with Gasteiger partial charge in [0.25, 0.3) is 12.3 Å². The molecule has 1 aliphatic heterocycles. The van der Waals surface area contributed by atoms with Crippen LogP contribution in [-0.2, 0) is 13.5 Å². The van der Waals surface area contributed by atoms with E-state index in [9.17, 15) is 13.6 Å². The number of carbonyl (C=O) groups excluding carboxylic acids is 1. The normalized spacial score (nSPS) is 15.9. The summed E-state index contributed by atoms with van der Waals surface area (Å²) in [6.07, 6.45) is 1.95. The van der Waals surface area contributed by atoms with E-state index < -0.39 is 29.8 Å². The van der Waals surface area contributed by atoms with Crippen LogP contribution in [0.5, 0.6) is 0 Å². The number of fused-ring (bicyclic) bond motifs is 2. The van der Waals surface area contributed by atoms with Crippen LogP contribution in [0.15, 0.2) is 58.0 Å². The third-order valence-electron chi connectivity index (χ3n) is 5.99. The highest BCUT2D eigenvalue weighted by molar-refractivity contribution is 5.94. The molecule has 0 bridgehead atoms. The Balaban J connectivity index is 1.46. The van der Waals surface area contributed by atoms with Gasteiger partial charge >= 0.3 is 0 Å². The number of halogens is 2. The van der Waals surface area contributed by atoms with E-state index in [1.165, 1.54) is 17.4 Å². The van der Waals surface area contributed by atoms with Crippen LogP contribution in [0.2, 0.25) is 0 Å². The molecule has 4 aromatic heterocycles. The highest BCUT2D eigenvalue weighted by atomic mass is 19.3. The van der Waals surface area contributed by atoms with Crippen LogP contribution in [-0.4, -0.2) is 41.9 Å². The number of furan rings is 1. The minimum atomic E-state index is -3.00. The molecular weight excluding hydrogens is 446 g/mol. The maximum Gasteiger partial charge on any atom is 0.292 e. The Kier molecular flexibility index (Phi) is 4.57. The number of amides is 1. The molecular formula is C23H18F2N6O3. The highest BCUT2D eigenvalue weighted by Crippen LogP contribution is 2.38. The van der Waals surface area contributed by atoms with Gasteiger partial charge in [0.05, 0.1) is 24.5 Å². The van der Waals surface area contributed by atoms with E-state index in [4.69, 9.17) is 8.83 Å². The van der Waals surface area contributed by atoms with Gasteiger partial charge in [-0.2, -0.15) is 0 Å². The number of hydrogen-bond donors (Lipinski definition) is 1. The topological polar surface area (TPSA) is 106 Å². The summed E-state index contributed by atoms with van der Waals surface area (Å²) in [5.74, 6) is -0.842. The van der Waals surface area contributed by atoms with Crippen LogP contribution in [0.1, 0.15) is 45.9 Å². The van der Waals surface area contributed by atoms with Gasteiger partial charge in [-0.1, -0.05) is 18.2 Å². The van der Waals surface area contributed by atoms with Gasteiger partial charge < -0.3 is 23.3 Å². The molecule has 5 aromatic rings. The van der Waals surface area contributed by atoms with Gasteiger partial charge in [-0.3, -0.25) is 4.79 Å². The zero-order chi connectivity index (χ0) is 23.4. The molecule has 0 radical (unpaired) electrons. The van der Waals surface area contributed by atoms with E-state index in [0.717, 1.165) is 11.1 Å². The van der Waals surface area contributed by atoms with Gasteiger partial charge in [0, 0.05) is 31.1 Å². The van der Waals surface area contributed by atoms with Crippen molar-refractivity contribution in [3.63, 3.8) is 0 Å². The molecule has 5 heterocycles. The first-order chi connectivity index (χ1) is 16.5. The summed E-state index contributed by atoms with van der Waals surface area (Å²) < 4.78 is 41.1. The molecule has 0 saturated carbocycles. The average Bonchev–Trinajstić information content (AvgIpc) is 3.62. The summed E-state index contributed by atoms with van der Waals surface area (Å²) in [7, 11) is 1.68. The summed E-state index contributed by atoms with van der Waals surface area (Å²) in [6, 6.07) is 8.57. The number of hydrogen-bond acceptors (Lipinski definition) is 6. The van der Waals surface area contributed by atoms with Crippen LogP contribution in [0.3, 0.4) is 0 Å². The van der Waals surface area contributed by atoms with Crippen molar-refractivity contribution in [1.82, 2.24) is 29.4 Å². The van der Waals surface area contributed by atoms with Crippen LogP contribution in [0.4, 0.5) is 8.78 Å². The lowest BCUT2D eigenvalue weighted by atomic mass is 9.99. The smallest absolute Gasteiger partial charge is 0.292 e. The summed E-state index contributed by atoms with van der Waals surface area (Å²) in [5.41, 5.74) is 1.78. The number of aryl methyl sites for hydroxylation is 1. The number of carbonyl (C=O) groups is 1. The molecule has 1 amide bonds. The fourth-order valence-corrected chi connectivity index (χ4v) is 4.36. The minimum absolute atomic E-state index is 0.101. The summed E-state index contributed by atoms with van der Waals surface area (Å²) >= 11 is 0. The summed E-state index contributed by atoms with van der Waals surface area (Å²) in [5, 5.41) is 0.860. The Morgan fingerprint density at radius 3 is 2.88 bits per heavy atom. The molecule has 11 heteroatoms. The quantitative estimate of drug-likeness (QED) is 0.426. The molecule has 0 spiro atoms. The number of rotatable bonds is 4. The van der Waals surface area contributed by atoms with E-state index in [0.29, 0.717) is 29.2 Å². The molecule has 1 atom stereocenters. The van der Waals surface area contributed by atoms with Crippen LogP contribution >= 0.6 is 0 Å². The summed E-state index contributed by atoms with van der Waals surface area (Å²) in [6.45, 7) is 0.250. The van der Waals surface area contributed by atoms with Crippen molar-refractivity contribution in [3.8, 4) is 11.6 Å². The zero-order valence-electron chi connectivity index (χ0n) is 17.9. The van der Waals surface area contributed by atoms with Gasteiger partial charge in [0.15, 0.2) is 5.69 Å². The third-order valence-corrected chi connectivity index (χ3v) is 5.99. The molecule has 0 unspecified atom stereocenters. The lowest BCUT2D eigenvalue weighted by Crippen LogP contribution is -2.40. The van der Waals surface area contributed by atoms with Crippen LogP contribution < -0.4 is 0 Å². The number of benzene rings is 1. The van der Waals surface area contributed by atoms with Gasteiger partial charge in [0.2, 0.25) is 11.7 Å². The Hall–Kier alpha value is -4.28. The van der Waals surface area contributed by atoms with Crippen molar-refractivity contribution in [3.05, 3.63) is 77.8 Å². The van der Waals surface area contributed by atoms with Crippen molar-refractivity contribution >= 4 is 16.9 Å². The van der Waals surface area contributed by atoms with Gasteiger partial charge in [0.1, 0.15) is 23.1 Å². The maximum absolute atomic E-state index is 13.9. The number of aromatic nitrogens is 5. The number of H-pyrrole nitrogens is 1. The van der Waals surface area contributed by atoms with Crippen molar-refractivity contribution in [2.24, 2.45) is 7.05 Å². The van der Waals surface area contributed by atoms with Crippen molar-refractivity contribution in [1.29, 1.82) is 0 Å². The van der Waals surface area contributed by atoms with Crippen molar-refractivity contribution in [2.45, 2.75) is 18.9 Å². The second kappa shape index (κ2) is 7.65. The van der Waals surface area contributed by atoms with E-state index >= 15 is 0 Å². The number of alkyl halides is 2. The number of oxazole rings is 1. The van der Waals surface area contributed by atoms with Crippen LogP contribution in [0.25, 0.3) is 22.6 Å². The van der Waals surface area contributed by atoms with Gasteiger partial charge in [-0.05, 0) is 12.1 Å². The fourth-order valence-electron chi connectivity index (χ4n) is 4.36. The Bertz CT molecular complexity index is 1480. The molecule has 9 nitrogen and oxygen atoms in total. The monoisotopic (exact) mass is 464 g/mol. The van der Waals surface area contributed by atoms with E-state index in [1.54, 1.807) is 17.9 Å². The molecule has 1 N–H and O–H groups in total. The first-order valence-corrected chi connectivity index (χ1v) is 10.6. The molecule has 172 valence electrons. The number of aromatic amines is 1. The SMILES string of the molecule is Cn1cncc1-c1nc(C(F)F)c(C(=O)N2CCc3[nH]cnc3[C@H]2c2cc3ccccc3o2)o1. The average molecular weight is 464 g/mol. The number of para-hydroxylation sites is 1. The molecule has 0 saturated heterocycles.